The van der Waals surface area contributed by atoms with E-state index in [1.54, 1.807) is 0 Å². The van der Waals surface area contributed by atoms with Crippen molar-refractivity contribution in [3.05, 3.63) is 34.1 Å². The lowest BCUT2D eigenvalue weighted by Crippen LogP contribution is -2.00. The SMILES string of the molecule is O[C@@H](CF)c1ccc(F)cc1Br. The van der Waals surface area contributed by atoms with Crippen molar-refractivity contribution in [3.63, 3.8) is 0 Å². The first-order chi connectivity index (χ1) is 5.65. The van der Waals surface area contributed by atoms with Crippen molar-refractivity contribution in [1.82, 2.24) is 0 Å². The van der Waals surface area contributed by atoms with Crippen LogP contribution in [0.2, 0.25) is 0 Å². The molecular weight excluding hydrogens is 230 g/mol. The van der Waals surface area contributed by atoms with Crippen LogP contribution in [0, 0.1) is 5.82 Å². The molecule has 66 valence electrons. The first kappa shape index (κ1) is 9.61. The van der Waals surface area contributed by atoms with E-state index in [-0.39, 0.29) is 0 Å². The summed E-state index contributed by atoms with van der Waals surface area (Å²) in [5.41, 5.74) is 0.360. The van der Waals surface area contributed by atoms with Gasteiger partial charge < -0.3 is 5.11 Å². The van der Waals surface area contributed by atoms with Crippen LogP contribution in [-0.2, 0) is 0 Å². The number of aliphatic hydroxyl groups is 1. The van der Waals surface area contributed by atoms with Crippen LogP contribution in [0.4, 0.5) is 8.78 Å². The molecule has 0 unspecified atom stereocenters. The smallest absolute Gasteiger partial charge is 0.124 e. The van der Waals surface area contributed by atoms with Gasteiger partial charge in [-0.05, 0) is 17.7 Å². The minimum absolute atomic E-state index is 0.360. The van der Waals surface area contributed by atoms with Gasteiger partial charge in [0.15, 0.2) is 0 Å². The van der Waals surface area contributed by atoms with Gasteiger partial charge in [-0.25, -0.2) is 8.78 Å². The van der Waals surface area contributed by atoms with E-state index < -0.39 is 18.6 Å². The molecule has 1 nitrogen and oxygen atoms in total. The van der Waals surface area contributed by atoms with Crippen LogP contribution >= 0.6 is 15.9 Å². The Hall–Kier alpha value is -0.480. The Morgan fingerprint density at radius 1 is 1.50 bits per heavy atom. The Balaban J connectivity index is 3.01. The summed E-state index contributed by atoms with van der Waals surface area (Å²) in [4.78, 5) is 0. The molecule has 1 rings (SSSR count). The highest BCUT2D eigenvalue weighted by Gasteiger charge is 2.10. The summed E-state index contributed by atoms with van der Waals surface area (Å²) in [7, 11) is 0. The van der Waals surface area contributed by atoms with Gasteiger partial charge in [0.1, 0.15) is 18.6 Å². The second-order valence-electron chi connectivity index (χ2n) is 2.34. The van der Waals surface area contributed by atoms with Crippen molar-refractivity contribution < 1.29 is 13.9 Å². The van der Waals surface area contributed by atoms with Crippen molar-refractivity contribution in [2.24, 2.45) is 0 Å². The second kappa shape index (κ2) is 3.96. The Bertz CT molecular complexity index is 278. The maximum absolute atomic E-state index is 12.5. The van der Waals surface area contributed by atoms with Crippen LogP contribution in [0.1, 0.15) is 11.7 Å². The molecule has 1 aromatic rings. The van der Waals surface area contributed by atoms with Gasteiger partial charge in [-0.3, -0.25) is 0 Å². The molecule has 4 heteroatoms. The highest BCUT2D eigenvalue weighted by Crippen LogP contribution is 2.24. The number of hydrogen-bond acceptors (Lipinski definition) is 1. The first-order valence-corrected chi connectivity index (χ1v) is 4.13. The van der Waals surface area contributed by atoms with Gasteiger partial charge in [-0.2, -0.15) is 0 Å². The zero-order valence-electron chi connectivity index (χ0n) is 6.10. The molecular formula is C8H7BrF2O. The molecule has 0 amide bonds. The minimum Gasteiger partial charge on any atom is -0.386 e. The van der Waals surface area contributed by atoms with Crippen LogP contribution in [0.25, 0.3) is 0 Å². The van der Waals surface area contributed by atoms with Crippen LogP contribution in [-0.4, -0.2) is 11.8 Å². The Labute approximate surface area is 77.2 Å². The molecule has 1 N–H and O–H groups in total. The quantitative estimate of drug-likeness (QED) is 0.838. The molecule has 0 bridgehead atoms. The first-order valence-electron chi connectivity index (χ1n) is 3.34. The molecule has 1 atom stereocenters. The van der Waals surface area contributed by atoms with Crippen LogP contribution in [0.3, 0.4) is 0 Å². The van der Waals surface area contributed by atoms with Crippen molar-refractivity contribution in [1.29, 1.82) is 0 Å². The highest BCUT2D eigenvalue weighted by molar-refractivity contribution is 9.10. The molecule has 0 spiro atoms. The fraction of sp³-hybridized carbons (Fsp3) is 0.250. The number of rotatable bonds is 2. The van der Waals surface area contributed by atoms with Crippen LogP contribution in [0.5, 0.6) is 0 Å². The Kier molecular flexibility index (Phi) is 3.17. The van der Waals surface area contributed by atoms with Crippen molar-refractivity contribution in [3.8, 4) is 0 Å². The summed E-state index contributed by atoms with van der Waals surface area (Å²) in [5.74, 6) is -0.420. The zero-order valence-corrected chi connectivity index (χ0v) is 7.68. The summed E-state index contributed by atoms with van der Waals surface area (Å²) < 4.78 is 24.9. The topological polar surface area (TPSA) is 20.2 Å². The van der Waals surface area contributed by atoms with Gasteiger partial charge in [-0.15, -0.1) is 0 Å². The second-order valence-corrected chi connectivity index (χ2v) is 3.19. The molecule has 0 fully saturated rings. The fourth-order valence-corrected chi connectivity index (χ4v) is 1.47. The minimum atomic E-state index is -1.18. The lowest BCUT2D eigenvalue weighted by atomic mass is 10.1. The van der Waals surface area contributed by atoms with E-state index in [4.69, 9.17) is 5.11 Å². The van der Waals surface area contributed by atoms with E-state index in [1.165, 1.54) is 18.2 Å². The molecule has 0 aliphatic heterocycles. The lowest BCUT2D eigenvalue weighted by molar-refractivity contribution is 0.141. The molecule has 0 heterocycles. The third-order valence-corrected chi connectivity index (χ3v) is 2.15. The average Bonchev–Trinajstić information content (AvgIpc) is 2.03. The van der Waals surface area contributed by atoms with Crippen molar-refractivity contribution in [2.75, 3.05) is 6.67 Å². The van der Waals surface area contributed by atoms with E-state index in [2.05, 4.69) is 15.9 Å². The molecule has 12 heavy (non-hydrogen) atoms. The number of aliphatic hydroxyl groups excluding tert-OH is 1. The van der Waals surface area contributed by atoms with E-state index in [9.17, 15) is 8.78 Å². The molecule has 0 aliphatic carbocycles. The lowest BCUT2D eigenvalue weighted by Gasteiger charge is -2.07. The maximum atomic E-state index is 12.5. The van der Waals surface area contributed by atoms with Gasteiger partial charge in [0, 0.05) is 4.47 Å². The molecule has 0 saturated heterocycles. The number of hydrogen-bond donors (Lipinski definition) is 1. The molecule has 0 radical (unpaired) electrons. The summed E-state index contributed by atoms with van der Waals surface area (Å²) >= 11 is 3.02. The summed E-state index contributed by atoms with van der Waals surface area (Å²) in [5, 5.41) is 9.07. The van der Waals surface area contributed by atoms with E-state index >= 15 is 0 Å². The molecule has 1 aromatic carbocycles. The average molecular weight is 237 g/mol. The van der Waals surface area contributed by atoms with Gasteiger partial charge in [0.05, 0.1) is 0 Å². The van der Waals surface area contributed by atoms with Gasteiger partial charge in [-0.1, -0.05) is 22.0 Å². The number of benzene rings is 1. The standard InChI is InChI=1S/C8H7BrF2O/c9-7-3-5(11)1-2-6(7)8(12)4-10/h1-3,8,12H,4H2/t8-/m0/s1. The number of alkyl halides is 1. The van der Waals surface area contributed by atoms with Gasteiger partial charge >= 0.3 is 0 Å². The summed E-state index contributed by atoms with van der Waals surface area (Å²) in [6.45, 7) is -0.871. The monoisotopic (exact) mass is 236 g/mol. The molecule has 0 saturated carbocycles. The van der Waals surface area contributed by atoms with Gasteiger partial charge in [0.25, 0.3) is 0 Å². The normalized spacial score (nSPS) is 13.0. The van der Waals surface area contributed by atoms with E-state index in [0.29, 0.717) is 10.0 Å². The predicted molar refractivity (Wildman–Crippen MR) is 45.0 cm³/mol. The van der Waals surface area contributed by atoms with Crippen molar-refractivity contribution in [2.45, 2.75) is 6.10 Å². The van der Waals surface area contributed by atoms with Crippen molar-refractivity contribution >= 4 is 15.9 Å². The predicted octanol–water partition coefficient (Wildman–Crippen LogP) is 2.59. The Morgan fingerprint density at radius 2 is 2.17 bits per heavy atom. The molecule has 0 aliphatic rings. The third-order valence-electron chi connectivity index (χ3n) is 1.47. The summed E-state index contributed by atoms with van der Waals surface area (Å²) in [6.07, 6.45) is -1.18. The van der Waals surface area contributed by atoms with Gasteiger partial charge in [0.2, 0.25) is 0 Å². The Morgan fingerprint density at radius 3 is 2.67 bits per heavy atom. The van der Waals surface area contributed by atoms with Crippen LogP contribution < -0.4 is 0 Å². The summed E-state index contributed by atoms with van der Waals surface area (Å²) in [6, 6.07) is 3.72. The van der Waals surface area contributed by atoms with Crippen LogP contribution in [0.15, 0.2) is 22.7 Å². The highest BCUT2D eigenvalue weighted by atomic mass is 79.9. The largest absolute Gasteiger partial charge is 0.386 e. The maximum Gasteiger partial charge on any atom is 0.124 e. The molecule has 0 aromatic heterocycles. The zero-order chi connectivity index (χ0) is 9.14. The third kappa shape index (κ3) is 2.01. The number of halogens is 3. The fourth-order valence-electron chi connectivity index (χ4n) is 0.855. The van der Waals surface area contributed by atoms with E-state index in [1.807, 2.05) is 0 Å². The van der Waals surface area contributed by atoms with E-state index in [0.717, 1.165) is 0 Å².